The fourth-order valence-electron chi connectivity index (χ4n) is 2.70. The van der Waals surface area contributed by atoms with Gasteiger partial charge in [0.2, 0.25) is 15.9 Å². The minimum absolute atomic E-state index is 0.0337. The lowest BCUT2D eigenvalue weighted by atomic mass is 10.2. The Morgan fingerprint density at radius 1 is 1.41 bits per heavy atom. The Kier molecular flexibility index (Phi) is 5.31. The molecule has 0 spiro atoms. The van der Waals surface area contributed by atoms with E-state index >= 15 is 0 Å². The monoisotopic (exact) mass is 346 g/mol. The second-order valence-electron chi connectivity index (χ2n) is 5.25. The predicted molar refractivity (Wildman–Crippen MR) is 83.3 cm³/mol. The van der Waals surface area contributed by atoms with E-state index in [4.69, 9.17) is 22.1 Å². The third-order valence-corrected chi connectivity index (χ3v) is 5.96. The lowest BCUT2D eigenvalue weighted by Gasteiger charge is -2.27. The van der Waals surface area contributed by atoms with Crippen LogP contribution in [0.3, 0.4) is 0 Å². The number of carbonyl (C=O) groups is 1. The lowest BCUT2D eigenvalue weighted by molar-refractivity contribution is -0.118. The molecular weight excluding hydrogens is 328 g/mol. The number of hydrogen-bond donors (Lipinski definition) is 1. The van der Waals surface area contributed by atoms with E-state index in [1.165, 1.54) is 29.6 Å². The van der Waals surface area contributed by atoms with Crippen molar-refractivity contribution in [3.8, 4) is 5.75 Å². The molecule has 8 heteroatoms. The van der Waals surface area contributed by atoms with Crippen LogP contribution in [0.1, 0.15) is 25.7 Å². The number of sulfonamides is 1. The standard InChI is InChI=1S/C14H19ClN2O4S/c1-21-13-7-6-11(8-12(13)15)22(19,20)17(9-14(16)18)10-4-2-3-5-10/h6-8,10H,2-5,9H2,1H3,(H2,16,18). The number of halogens is 1. The first-order valence-corrected chi connectivity index (χ1v) is 8.81. The highest BCUT2D eigenvalue weighted by molar-refractivity contribution is 7.89. The van der Waals surface area contributed by atoms with Gasteiger partial charge in [-0.3, -0.25) is 4.79 Å². The molecule has 0 saturated heterocycles. The Hall–Kier alpha value is -1.31. The number of benzene rings is 1. The molecule has 0 heterocycles. The summed E-state index contributed by atoms with van der Waals surface area (Å²) >= 11 is 6.01. The molecule has 6 nitrogen and oxygen atoms in total. The predicted octanol–water partition coefficient (Wildman–Crippen LogP) is 1.77. The quantitative estimate of drug-likeness (QED) is 0.850. The third-order valence-electron chi connectivity index (χ3n) is 3.77. The van der Waals surface area contributed by atoms with Crippen molar-refractivity contribution in [1.29, 1.82) is 0 Å². The van der Waals surface area contributed by atoms with Crippen molar-refractivity contribution in [3.05, 3.63) is 23.2 Å². The van der Waals surface area contributed by atoms with Crippen LogP contribution in [0.25, 0.3) is 0 Å². The Balaban J connectivity index is 2.39. The average Bonchev–Trinajstić information content (AvgIpc) is 2.98. The Bertz CT molecular complexity index is 657. The van der Waals surface area contributed by atoms with Crippen LogP contribution in [0.4, 0.5) is 0 Å². The third kappa shape index (κ3) is 3.53. The van der Waals surface area contributed by atoms with E-state index in [9.17, 15) is 13.2 Å². The minimum Gasteiger partial charge on any atom is -0.495 e. The van der Waals surface area contributed by atoms with Gasteiger partial charge in [-0.25, -0.2) is 8.42 Å². The maximum absolute atomic E-state index is 12.8. The van der Waals surface area contributed by atoms with E-state index in [0.717, 1.165) is 25.7 Å². The van der Waals surface area contributed by atoms with Crippen molar-refractivity contribution in [2.24, 2.45) is 5.73 Å². The van der Waals surface area contributed by atoms with Crippen LogP contribution in [0.5, 0.6) is 5.75 Å². The summed E-state index contributed by atoms with van der Waals surface area (Å²) in [4.78, 5) is 11.3. The van der Waals surface area contributed by atoms with Crippen LogP contribution in [-0.4, -0.2) is 38.3 Å². The molecule has 1 aliphatic carbocycles. The highest BCUT2D eigenvalue weighted by atomic mass is 35.5. The molecule has 22 heavy (non-hydrogen) atoms. The molecule has 1 aromatic rings. The van der Waals surface area contributed by atoms with E-state index in [2.05, 4.69) is 0 Å². The summed E-state index contributed by atoms with van der Waals surface area (Å²) in [6, 6.07) is 4.05. The molecule has 0 radical (unpaired) electrons. The van der Waals surface area contributed by atoms with Gasteiger partial charge in [-0.15, -0.1) is 0 Å². The molecule has 0 bridgehead atoms. The minimum atomic E-state index is -3.83. The number of carbonyl (C=O) groups excluding carboxylic acids is 1. The summed E-state index contributed by atoms with van der Waals surface area (Å²) < 4.78 is 31.9. The molecular formula is C14H19ClN2O4S. The molecule has 122 valence electrons. The number of amides is 1. The Labute approximate surface area is 135 Å². The van der Waals surface area contributed by atoms with Crippen LogP contribution in [0.15, 0.2) is 23.1 Å². The first-order valence-electron chi connectivity index (χ1n) is 7.00. The zero-order valence-corrected chi connectivity index (χ0v) is 13.9. The molecule has 0 unspecified atom stereocenters. The normalized spacial score (nSPS) is 16.1. The van der Waals surface area contributed by atoms with Crippen LogP contribution in [0, 0.1) is 0 Å². The van der Waals surface area contributed by atoms with Crippen molar-refractivity contribution in [3.63, 3.8) is 0 Å². The van der Waals surface area contributed by atoms with Crippen molar-refractivity contribution < 1.29 is 17.9 Å². The largest absolute Gasteiger partial charge is 0.495 e. The average molecular weight is 347 g/mol. The highest BCUT2D eigenvalue weighted by Gasteiger charge is 2.34. The molecule has 1 aromatic carbocycles. The molecule has 1 saturated carbocycles. The highest BCUT2D eigenvalue weighted by Crippen LogP contribution is 2.32. The summed E-state index contributed by atoms with van der Waals surface area (Å²) in [6.07, 6.45) is 3.35. The number of nitrogens with two attached hydrogens (primary N) is 1. The van der Waals surface area contributed by atoms with E-state index in [1.807, 2.05) is 0 Å². The van der Waals surface area contributed by atoms with Gasteiger partial charge in [-0.05, 0) is 31.0 Å². The van der Waals surface area contributed by atoms with Crippen molar-refractivity contribution in [1.82, 2.24) is 4.31 Å². The SMILES string of the molecule is COc1ccc(S(=O)(=O)N(CC(N)=O)C2CCCC2)cc1Cl. The van der Waals surface area contributed by atoms with Gasteiger partial charge in [0.25, 0.3) is 0 Å². The molecule has 0 aliphatic heterocycles. The Morgan fingerprint density at radius 2 is 2.05 bits per heavy atom. The van der Waals surface area contributed by atoms with Crippen LogP contribution in [0.2, 0.25) is 5.02 Å². The van der Waals surface area contributed by atoms with E-state index in [0.29, 0.717) is 5.75 Å². The van der Waals surface area contributed by atoms with Crippen LogP contribution >= 0.6 is 11.6 Å². The summed E-state index contributed by atoms with van der Waals surface area (Å²) in [5, 5.41) is 0.203. The molecule has 0 atom stereocenters. The van der Waals surface area contributed by atoms with E-state index in [-0.39, 0.29) is 22.5 Å². The Morgan fingerprint density at radius 3 is 2.55 bits per heavy atom. The van der Waals surface area contributed by atoms with Crippen molar-refractivity contribution in [2.45, 2.75) is 36.6 Å². The number of methoxy groups -OCH3 is 1. The summed E-state index contributed by atoms with van der Waals surface area (Å²) in [7, 11) is -2.38. The second-order valence-corrected chi connectivity index (χ2v) is 7.55. The van der Waals surface area contributed by atoms with E-state index in [1.54, 1.807) is 0 Å². The van der Waals surface area contributed by atoms with Gasteiger partial charge in [0.15, 0.2) is 0 Å². The first-order chi connectivity index (χ1) is 10.4. The van der Waals surface area contributed by atoms with E-state index < -0.39 is 15.9 Å². The molecule has 2 N–H and O–H groups in total. The number of primary amides is 1. The second kappa shape index (κ2) is 6.85. The summed E-state index contributed by atoms with van der Waals surface area (Å²) in [6.45, 7) is -0.323. The molecule has 1 aliphatic rings. The fraction of sp³-hybridized carbons (Fsp3) is 0.500. The lowest BCUT2D eigenvalue weighted by Crippen LogP contribution is -2.44. The zero-order chi connectivity index (χ0) is 16.3. The molecule has 0 aromatic heterocycles. The van der Waals surface area contributed by atoms with Crippen LogP contribution < -0.4 is 10.5 Å². The van der Waals surface area contributed by atoms with Crippen molar-refractivity contribution in [2.75, 3.05) is 13.7 Å². The van der Waals surface area contributed by atoms with Gasteiger partial charge >= 0.3 is 0 Å². The number of ether oxygens (including phenoxy) is 1. The zero-order valence-electron chi connectivity index (χ0n) is 12.3. The van der Waals surface area contributed by atoms with Gasteiger partial charge in [0.05, 0.1) is 23.6 Å². The number of rotatable bonds is 6. The van der Waals surface area contributed by atoms with Gasteiger partial charge in [-0.2, -0.15) is 4.31 Å². The molecule has 1 amide bonds. The summed E-state index contributed by atoms with van der Waals surface area (Å²) in [5.74, 6) is -0.280. The van der Waals surface area contributed by atoms with Crippen molar-refractivity contribution >= 4 is 27.5 Å². The summed E-state index contributed by atoms with van der Waals surface area (Å²) in [5.41, 5.74) is 5.22. The number of nitrogens with zero attached hydrogens (tertiary/aromatic N) is 1. The topological polar surface area (TPSA) is 89.7 Å². The van der Waals surface area contributed by atoms with Gasteiger partial charge in [0, 0.05) is 6.04 Å². The van der Waals surface area contributed by atoms with Gasteiger partial charge in [0.1, 0.15) is 5.75 Å². The van der Waals surface area contributed by atoms with Gasteiger partial charge < -0.3 is 10.5 Å². The van der Waals surface area contributed by atoms with Crippen LogP contribution in [-0.2, 0) is 14.8 Å². The van der Waals surface area contributed by atoms with Gasteiger partial charge in [-0.1, -0.05) is 24.4 Å². The smallest absolute Gasteiger partial charge is 0.243 e. The fourth-order valence-corrected chi connectivity index (χ4v) is 4.70. The molecule has 2 rings (SSSR count). The molecule has 1 fully saturated rings. The first kappa shape index (κ1) is 17.1. The maximum Gasteiger partial charge on any atom is 0.243 e. The number of hydrogen-bond acceptors (Lipinski definition) is 4. The maximum atomic E-state index is 12.8.